The molecule has 0 bridgehead atoms. The van der Waals surface area contributed by atoms with Crippen LogP contribution in [0.1, 0.15) is 5.56 Å². The van der Waals surface area contributed by atoms with Crippen LogP contribution >= 0.6 is 0 Å². The van der Waals surface area contributed by atoms with Gasteiger partial charge in [0, 0.05) is 12.7 Å². The molecule has 4 nitrogen and oxygen atoms in total. The summed E-state index contributed by atoms with van der Waals surface area (Å²) in [6.07, 6.45) is 0. The number of rotatable bonds is 4. The summed E-state index contributed by atoms with van der Waals surface area (Å²) in [5, 5.41) is 0. The van der Waals surface area contributed by atoms with Crippen LogP contribution in [0.4, 0.5) is 5.69 Å². The van der Waals surface area contributed by atoms with Crippen molar-refractivity contribution in [2.24, 2.45) is 0 Å². The minimum atomic E-state index is -0.254. The van der Waals surface area contributed by atoms with Gasteiger partial charge in [-0.25, -0.2) is 0 Å². The molecule has 1 aromatic carbocycles. The summed E-state index contributed by atoms with van der Waals surface area (Å²) >= 11 is 0. The highest BCUT2D eigenvalue weighted by Gasteiger charge is 2.08. The molecule has 0 unspecified atom stereocenters. The summed E-state index contributed by atoms with van der Waals surface area (Å²) in [6.45, 7) is 2.20. The lowest BCUT2D eigenvalue weighted by Gasteiger charge is -2.18. The first-order chi connectivity index (χ1) is 7.58. The Hall–Kier alpha value is -1.71. The second-order valence-corrected chi connectivity index (χ2v) is 3.59. The van der Waals surface area contributed by atoms with E-state index in [1.807, 2.05) is 37.1 Å². The summed E-state index contributed by atoms with van der Waals surface area (Å²) in [6, 6.07) is 5.77. The maximum Gasteiger partial charge on any atom is 0.325 e. The number of ether oxygens (including phenoxy) is 2. The Morgan fingerprint density at radius 2 is 2.06 bits per heavy atom. The number of benzene rings is 1. The molecule has 16 heavy (non-hydrogen) atoms. The van der Waals surface area contributed by atoms with Crippen molar-refractivity contribution >= 4 is 11.7 Å². The van der Waals surface area contributed by atoms with Gasteiger partial charge in [0.25, 0.3) is 0 Å². The molecule has 0 aliphatic rings. The van der Waals surface area contributed by atoms with Crippen LogP contribution in [0, 0.1) is 6.92 Å². The SMILES string of the molecule is COC(=O)CN(C)c1ccc(OC)c(C)c1. The maximum atomic E-state index is 11.1. The Bertz CT molecular complexity index is 377. The molecular weight excluding hydrogens is 206 g/mol. The average molecular weight is 223 g/mol. The van der Waals surface area contributed by atoms with Gasteiger partial charge in [-0.3, -0.25) is 4.79 Å². The number of carbonyl (C=O) groups is 1. The normalized spacial score (nSPS) is 9.75. The number of aryl methyl sites for hydroxylation is 1. The lowest BCUT2D eigenvalue weighted by Crippen LogP contribution is -2.26. The molecule has 0 amide bonds. The van der Waals surface area contributed by atoms with E-state index in [0.29, 0.717) is 0 Å². The van der Waals surface area contributed by atoms with Gasteiger partial charge in [0.2, 0.25) is 0 Å². The van der Waals surface area contributed by atoms with Crippen molar-refractivity contribution in [2.45, 2.75) is 6.92 Å². The molecule has 1 aromatic rings. The number of anilines is 1. The zero-order valence-electron chi connectivity index (χ0n) is 10.1. The Kier molecular flexibility index (Phi) is 4.17. The van der Waals surface area contributed by atoms with Gasteiger partial charge in [-0.1, -0.05) is 0 Å². The summed E-state index contributed by atoms with van der Waals surface area (Å²) in [5.41, 5.74) is 2.00. The number of hydrogen-bond donors (Lipinski definition) is 0. The molecule has 0 radical (unpaired) electrons. The van der Waals surface area contributed by atoms with Crippen LogP contribution in [0.5, 0.6) is 5.75 Å². The molecule has 0 fully saturated rings. The third-order valence-corrected chi connectivity index (χ3v) is 2.41. The minimum absolute atomic E-state index is 0.238. The first-order valence-corrected chi connectivity index (χ1v) is 5.01. The van der Waals surface area contributed by atoms with E-state index < -0.39 is 0 Å². The van der Waals surface area contributed by atoms with Gasteiger partial charge in [-0.2, -0.15) is 0 Å². The van der Waals surface area contributed by atoms with Gasteiger partial charge >= 0.3 is 5.97 Å². The highest BCUT2D eigenvalue weighted by atomic mass is 16.5. The van der Waals surface area contributed by atoms with E-state index in [1.54, 1.807) is 7.11 Å². The third-order valence-electron chi connectivity index (χ3n) is 2.41. The molecule has 0 N–H and O–H groups in total. The van der Waals surface area contributed by atoms with Crippen LogP contribution in [0.25, 0.3) is 0 Å². The molecule has 0 saturated heterocycles. The second-order valence-electron chi connectivity index (χ2n) is 3.59. The Morgan fingerprint density at radius 3 is 2.56 bits per heavy atom. The lowest BCUT2D eigenvalue weighted by atomic mass is 10.2. The fraction of sp³-hybridized carbons (Fsp3) is 0.417. The predicted octanol–water partition coefficient (Wildman–Crippen LogP) is 1.61. The Balaban J connectivity index is 2.80. The largest absolute Gasteiger partial charge is 0.496 e. The third kappa shape index (κ3) is 2.89. The van der Waals surface area contributed by atoms with Crippen LogP contribution in [0.3, 0.4) is 0 Å². The number of likely N-dealkylation sites (N-methyl/N-ethyl adjacent to an activating group) is 1. The molecule has 0 aromatic heterocycles. The molecular formula is C12H17NO3. The molecule has 88 valence electrons. The number of hydrogen-bond acceptors (Lipinski definition) is 4. The Labute approximate surface area is 95.8 Å². The fourth-order valence-electron chi connectivity index (χ4n) is 1.45. The van der Waals surface area contributed by atoms with Gasteiger partial charge < -0.3 is 14.4 Å². The van der Waals surface area contributed by atoms with E-state index in [9.17, 15) is 4.79 Å². The quantitative estimate of drug-likeness (QED) is 0.727. The number of esters is 1. The number of methoxy groups -OCH3 is 2. The Morgan fingerprint density at radius 1 is 1.38 bits per heavy atom. The van der Waals surface area contributed by atoms with Crippen LogP contribution in [0.15, 0.2) is 18.2 Å². The average Bonchev–Trinajstić information content (AvgIpc) is 2.28. The van der Waals surface area contributed by atoms with Crippen molar-refractivity contribution in [2.75, 3.05) is 32.7 Å². The highest BCUT2D eigenvalue weighted by Crippen LogP contribution is 2.23. The van der Waals surface area contributed by atoms with E-state index >= 15 is 0 Å². The fourth-order valence-corrected chi connectivity index (χ4v) is 1.45. The van der Waals surface area contributed by atoms with Crippen molar-refractivity contribution in [3.8, 4) is 5.75 Å². The van der Waals surface area contributed by atoms with Crippen molar-refractivity contribution in [1.82, 2.24) is 0 Å². The second kappa shape index (κ2) is 5.39. The van der Waals surface area contributed by atoms with Crippen molar-refractivity contribution < 1.29 is 14.3 Å². The monoisotopic (exact) mass is 223 g/mol. The highest BCUT2D eigenvalue weighted by molar-refractivity contribution is 5.75. The molecule has 0 heterocycles. The molecule has 0 spiro atoms. The number of nitrogens with zero attached hydrogens (tertiary/aromatic N) is 1. The topological polar surface area (TPSA) is 38.8 Å². The van der Waals surface area contributed by atoms with E-state index in [1.165, 1.54) is 7.11 Å². The van der Waals surface area contributed by atoms with Crippen LogP contribution in [-0.4, -0.2) is 33.8 Å². The van der Waals surface area contributed by atoms with E-state index in [4.69, 9.17) is 4.74 Å². The lowest BCUT2D eigenvalue weighted by molar-refractivity contribution is -0.138. The van der Waals surface area contributed by atoms with Crippen molar-refractivity contribution in [3.63, 3.8) is 0 Å². The van der Waals surface area contributed by atoms with Gasteiger partial charge in [-0.05, 0) is 30.7 Å². The smallest absolute Gasteiger partial charge is 0.325 e. The van der Waals surface area contributed by atoms with E-state index in [-0.39, 0.29) is 12.5 Å². The van der Waals surface area contributed by atoms with Crippen LogP contribution in [-0.2, 0) is 9.53 Å². The molecule has 1 rings (SSSR count). The van der Waals surface area contributed by atoms with E-state index in [0.717, 1.165) is 17.0 Å². The molecule has 0 aliphatic carbocycles. The summed E-state index contributed by atoms with van der Waals surface area (Å²) in [4.78, 5) is 12.9. The summed E-state index contributed by atoms with van der Waals surface area (Å²) < 4.78 is 9.78. The van der Waals surface area contributed by atoms with Crippen LogP contribution < -0.4 is 9.64 Å². The van der Waals surface area contributed by atoms with E-state index in [2.05, 4.69) is 4.74 Å². The molecule has 0 saturated carbocycles. The van der Waals surface area contributed by atoms with Gasteiger partial charge in [0.1, 0.15) is 12.3 Å². The summed E-state index contributed by atoms with van der Waals surface area (Å²) in [5.74, 6) is 0.589. The number of carbonyl (C=O) groups excluding carboxylic acids is 1. The maximum absolute atomic E-state index is 11.1. The van der Waals surface area contributed by atoms with Gasteiger partial charge in [0.05, 0.1) is 14.2 Å². The van der Waals surface area contributed by atoms with Crippen LogP contribution in [0.2, 0.25) is 0 Å². The summed E-state index contributed by atoms with van der Waals surface area (Å²) in [7, 11) is 4.87. The van der Waals surface area contributed by atoms with Crippen molar-refractivity contribution in [1.29, 1.82) is 0 Å². The predicted molar refractivity (Wildman–Crippen MR) is 63.0 cm³/mol. The first kappa shape index (κ1) is 12.4. The van der Waals surface area contributed by atoms with Crippen molar-refractivity contribution in [3.05, 3.63) is 23.8 Å². The molecule has 0 aliphatic heterocycles. The first-order valence-electron chi connectivity index (χ1n) is 5.01. The minimum Gasteiger partial charge on any atom is -0.496 e. The standard InChI is InChI=1S/C12H17NO3/c1-9-7-10(5-6-11(9)15-3)13(2)8-12(14)16-4/h5-7H,8H2,1-4H3. The zero-order chi connectivity index (χ0) is 12.1. The molecule has 0 atom stereocenters. The van der Waals surface area contributed by atoms with Gasteiger partial charge in [-0.15, -0.1) is 0 Å². The molecule has 4 heteroatoms. The zero-order valence-corrected chi connectivity index (χ0v) is 10.1. The van der Waals surface area contributed by atoms with Gasteiger partial charge in [0.15, 0.2) is 0 Å².